The normalized spacial score (nSPS) is 11.9. The van der Waals surface area contributed by atoms with Gasteiger partial charge < -0.3 is 15.8 Å². The summed E-state index contributed by atoms with van der Waals surface area (Å²) in [5, 5.41) is 2.69. The average molecular weight is 422 g/mol. The van der Waals surface area contributed by atoms with Gasteiger partial charge in [-0.1, -0.05) is 18.2 Å². The molecule has 0 aromatic heterocycles. The monoisotopic (exact) mass is 422 g/mol. The van der Waals surface area contributed by atoms with E-state index in [1.54, 1.807) is 24.3 Å². The van der Waals surface area contributed by atoms with Crippen LogP contribution >= 0.6 is 0 Å². The van der Waals surface area contributed by atoms with Crippen molar-refractivity contribution >= 4 is 26.9 Å². The fraction of sp³-hybridized carbons (Fsp3) is 0.100. The third-order valence-electron chi connectivity index (χ3n) is 3.97. The summed E-state index contributed by atoms with van der Waals surface area (Å²) in [6.45, 7) is 0. The highest BCUT2D eigenvalue weighted by Gasteiger charge is 2.34. The van der Waals surface area contributed by atoms with Crippen LogP contribution in [0.2, 0.25) is 0 Å². The van der Waals surface area contributed by atoms with E-state index in [9.17, 15) is 21.6 Å². The van der Waals surface area contributed by atoms with E-state index in [2.05, 4.69) is 5.32 Å². The molecule has 0 saturated carbocycles. The van der Waals surface area contributed by atoms with Gasteiger partial charge in [-0.25, -0.2) is 8.42 Å². The summed E-state index contributed by atoms with van der Waals surface area (Å²) in [6.07, 6.45) is -3.49. The Kier molecular flexibility index (Phi) is 5.43. The highest BCUT2D eigenvalue weighted by Crippen LogP contribution is 2.39. The van der Waals surface area contributed by atoms with Crippen molar-refractivity contribution in [3.05, 3.63) is 72.3 Å². The van der Waals surface area contributed by atoms with Gasteiger partial charge in [-0.2, -0.15) is 13.2 Å². The predicted octanol–water partition coefficient (Wildman–Crippen LogP) is 5.23. The van der Waals surface area contributed by atoms with E-state index in [0.29, 0.717) is 11.4 Å². The van der Waals surface area contributed by atoms with Gasteiger partial charge in [-0.3, -0.25) is 0 Å². The molecule has 3 aromatic rings. The van der Waals surface area contributed by atoms with Crippen LogP contribution in [0.3, 0.4) is 0 Å². The largest absolute Gasteiger partial charge is 0.457 e. The number of hydrogen-bond acceptors (Lipinski definition) is 5. The number of para-hydroxylation sites is 1. The molecule has 3 aromatic carbocycles. The minimum absolute atomic E-state index is 0.0491. The van der Waals surface area contributed by atoms with Crippen LogP contribution in [-0.2, 0) is 16.0 Å². The van der Waals surface area contributed by atoms with Crippen LogP contribution in [0.5, 0.6) is 11.5 Å². The zero-order chi connectivity index (χ0) is 21.2. The first-order chi connectivity index (χ1) is 13.5. The van der Waals surface area contributed by atoms with Crippen molar-refractivity contribution in [2.45, 2.75) is 11.1 Å². The molecular weight excluding hydrogens is 405 g/mol. The minimum Gasteiger partial charge on any atom is -0.457 e. The molecule has 3 rings (SSSR count). The Morgan fingerprint density at radius 3 is 2.21 bits per heavy atom. The topological polar surface area (TPSA) is 81.4 Å². The summed E-state index contributed by atoms with van der Waals surface area (Å²) in [5.41, 5.74) is 4.87. The molecule has 0 aliphatic heterocycles. The third kappa shape index (κ3) is 5.00. The average Bonchev–Trinajstić information content (AvgIpc) is 2.62. The number of hydrogen-bond donors (Lipinski definition) is 2. The summed E-state index contributed by atoms with van der Waals surface area (Å²) in [5.74, 6) is 0.587. The number of sulfone groups is 1. The van der Waals surface area contributed by atoms with Crippen molar-refractivity contribution in [1.82, 2.24) is 0 Å². The number of nitrogens with one attached hydrogen (secondary N) is 1. The maximum atomic E-state index is 13.3. The second-order valence-electron chi connectivity index (χ2n) is 6.27. The molecule has 0 atom stereocenters. The molecule has 0 aliphatic rings. The van der Waals surface area contributed by atoms with E-state index in [1.165, 1.54) is 36.4 Å². The summed E-state index contributed by atoms with van der Waals surface area (Å²) in [4.78, 5) is 0.0937. The SMILES string of the molecule is CS(=O)(=O)c1cccc(Oc2cccc(Nc3c(N)cccc3C(F)(F)F)c2)c1. The summed E-state index contributed by atoms with van der Waals surface area (Å²) < 4.78 is 68.8. The minimum atomic E-state index is -4.57. The lowest BCUT2D eigenvalue weighted by Crippen LogP contribution is -2.10. The molecule has 0 unspecified atom stereocenters. The van der Waals surface area contributed by atoms with E-state index < -0.39 is 21.6 Å². The lowest BCUT2D eigenvalue weighted by Gasteiger charge is -2.17. The number of benzene rings is 3. The smallest absolute Gasteiger partial charge is 0.418 e. The maximum Gasteiger partial charge on any atom is 0.418 e. The van der Waals surface area contributed by atoms with Gasteiger partial charge in [0, 0.05) is 18.0 Å². The van der Waals surface area contributed by atoms with E-state index in [4.69, 9.17) is 10.5 Å². The van der Waals surface area contributed by atoms with Crippen LogP contribution in [0, 0.1) is 0 Å². The Morgan fingerprint density at radius 2 is 1.55 bits per heavy atom. The zero-order valence-electron chi connectivity index (χ0n) is 15.2. The lowest BCUT2D eigenvalue weighted by molar-refractivity contribution is -0.136. The molecular formula is C20H17F3N2O3S. The van der Waals surface area contributed by atoms with Gasteiger partial charge in [-0.15, -0.1) is 0 Å². The van der Waals surface area contributed by atoms with Crippen LogP contribution in [0.15, 0.2) is 71.6 Å². The molecule has 0 aliphatic carbocycles. The standard InChI is InChI=1S/C20H17F3N2O3S/c1-29(26,27)16-8-3-7-15(12-16)28-14-6-2-5-13(11-14)25-19-17(20(21,22)23)9-4-10-18(19)24/h2-12,25H,24H2,1H3. The van der Waals surface area contributed by atoms with Crippen molar-refractivity contribution in [3.8, 4) is 11.5 Å². The molecule has 0 spiro atoms. The predicted molar refractivity (Wildman–Crippen MR) is 105 cm³/mol. The molecule has 3 N–H and O–H groups in total. The Bertz CT molecular complexity index is 1150. The zero-order valence-corrected chi connectivity index (χ0v) is 16.0. The molecule has 0 bridgehead atoms. The number of rotatable bonds is 5. The number of halogens is 3. The van der Waals surface area contributed by atoms with Gasteiger partial charge in [0.05, 0.1) is 21.8 Å². The van der Waals surface area contributed by atoms with Gasteiger partial charge in [0.2, 0.25) is 0 Å². The summed E-state index contributed by atoms with van der Waals surface area (Å²) in [6, 6.07) is 15.7. The van der Waals surface area contributed by atoms with Crippen LogP contribution in [0.25, 0.3) is 0 Å². The van der Waals surface area contributed by atoms with Gasteiger partial charge in [0.1, 0.15) is 11.5 Å². The van der Waals surface area contributed by atoms with E-state index in [-0.39, 0.29) is 22.0 Å². The molecule has 0 heterocycles. The quantitative estimate of drug-likeness (QED) is 0.551. The number of nitrogen functional groups attached to an aromatic ring is 1. The number of alkyl halides is 3. The van der Waals surface area contributed by atoms with Crippen LogP contribution in [0.4, 0.5) is 30.2 Å². The lowest BCUT2D eigenvalue weighted by atomic mass is 10.1. The number of anilines is 3. The van der Waals surface area contributed by atoms with Gasteiger partial charge >= 0.3 is 6.18 Å². The fourth-order valence-corrected chi connectivity index (χ4v) is 3.29. The molecule has 0 saturated heterocycles. The first kappa shape index (κ1) is 20.5. The van der Waals surface area contributed by atoms with Gasteiger partial charge in [0.15, 0.2) is 9.84 Å². The molecule has 0 amide bonds. The molecule has 5 nitrogen and oxygen atoms in total. The molecule has 9 heteroatoms. The van der Waals surface area contributed by atoms with E-state index in [1.807, 2.05) is 0 Å². The van der Waals surface area contributed by atoms with Crippen molar-refractivity contribution < 1.29 is 26.3 Å². The number of nitrogens with two attached hydrogens (primary N) is 1. The maximum absolute atomic E-state index is 13.3. The Labute approximate surface area is 165 Å². The first-order valence-electron chi connectivity index (χ1n) is 8.35. The van der Waals surface area contributed by atoms with Gasteiger partial charge in [0.25, 0.3) is 0 Å². The van der Waals surface area contributed by atoms with Crippen molar-refractivity contribution in [2.24, 2.45) is 0 Å². The van der Waals surface area contributed by atoms with Crippen LogP contribution < -0.4 is 15.8 Å². The summed E-state index contributed by atoms with van der Waals surface area (Å²) >= 11 is 0. The second-order valence-corrected chi connectivity index (χ2v) is 8.29. The van der Waals surface area contributed by atoms with Crippen molar-refractivity contribution in [1.29, 1.82) is 0 Å². The Hall–Kier alpha value is -3.20. The second kappa shape index (κ2) is 7.67. The third-order valence-corrected chi connectivity index (χ3v) is 5.09. The van der Waals surface area contributed by atoms with Crippen molar-refractivity contribution in [2.75, 3.05) is 17.3 Å². The van der Waals surface area contributed by atoms with Crippen molar-refractivity contribution in [3.63, 3.8) is 0 Å². The highest BCUT2D eigenvalue weighted by atomic mass is 32.2. The Balaban J connectivity index is 1.89. The first-order valence-corrected chi connectivity index (χ1v) is 10.2. The highest BCUT2D eigenvalue weighted by molar-refractivity contribution is 7.90. The molecule has 0 fully saturated rings. The van der Waals surface area contributed by atoms with Gasteiger partial charge in [-0.05, 0) is 42.5 Å². The molecule has 29 heavy (non-hydrogen) atoms. The van der Waals surface area contributed by atoms with E-state index in [0.717, 1.165) is 12.3 Å². The van der Waals surface area contributed by atoms with Crippen LogP contribution in [-0.4, -0.2) is 14.7 Å². The Morgan fingerprint density at radius 1 is 0.931 bits per heavy atom. The fourth-order valence-electron chi connectivity index (χ4n) is 2.63. The number of ether oxygens (including phenoxy) is 1. The molecule has 0 radical (unpaired) electrons. The summed E-state index contributed by atoms with van der Waals surface area (Å²) in [7, 11) is -3.40. The molecule has 152 valence electrons. The van der Waals surface area contributed by atoms with Crippen LogP contribution in [0.1, 0.15) is 5.56 Å². The van der Waals surface area contributed by atoms with E-state index >= 15 is 0 Å².